The van der Waals surface area contributed by atoms with E-state index in [-0.39, 0.29) is 34.5 Å². The van der Waals surface area contributed by atoms with E-state index in [0.29, 0.717) is 5.69 Å². The highest BCUT2D eigenvalue weighted by Gasteiger charge is 2.29. The van der Waals surface area contributed by atoms with E-state index in [1.54, 1.807) is 24.5 Å². The van der Waals surface area contributed by atoms with Gasteiger partial charge >= 0.3 is 6.18 Å². The fraction of sp³-hybridized carbons (Fsp3) is 0.412. The summed E-state index contributed by atoms with van der Waals surface area (Å²) >= 11 is 4.42. The Balaban J connectivity index is 2.10. The van der Waals surface area contributed by atoms with Crippen LogP contribution in [0.3, 0.4) is 0 Å². The monoisotopic (exact) mass is 465 g/mol. The highest BCUT2D eigenvalue weighted by atomic mass is 35.5. The molecule has 2 aromatic rings. The number of aromatic nitrogens is 3. The Morgan fingerprint density at radius 3 is 2.80 bits per heavy atom. The average molecular weight is 466 g/mol. The molecule has 2 heterocycles. The number of carbonyl (C=O) groups is 1. The third-order valence-electron chi connectivity index (χ3n) is 3.81. The molecule has 2 aromatic heterocycles. The molecule has 30 heavy (non-hydrogen) atoms. The van der Waals surface area contributed by atoms with Gasteiger partial charge < -0.3 is 14.3 Å². The van der Waals surface area contributed by atoms with Crippen LogP contribution in [0, 0.1) is 0 Å². The predicted molar refractivity (Wildman–Crippen MR) is 107 cm³/mol. The van der Waals surface area contributed by atoms with E-state index >= 15 is 0 Å². The minimum Gasteiger partial charge on any atom is -0.616 e. The van der Waals surface area contributed by atoms with Gasteiger partial charge in [-0.3, -0.25) is 9.78 Å². The molecule has 1 amide bonds. The van der Waals surface area contributed by atoms with Crippen molar-refractivity contribution in [3.05, 3.63) is 35.9 Å². The number of hydrogen-bond acceptors (Lipinski definition) is 6. The van der Waals surface area contributed by atoms with E-state index in [1.807, 2.05) is 0 Å². The molecule has 0 spiro atoms. The molecule has 8 nitrogen and oxygen atoms in total. The van der Waals surface area contributed by atoms with Gasteiger partial charge in [-0.25, -0.2) is 4.68 Å². The summed E-state index contributed by atoms with van der Waals surface area (Å²) in [5.41, 5.74) is 0.649. The van der Waals surface area contributed by atoms with Gasteiger partial charge in [-0.2, -0.15) is 18.3 Å². The van der Waals surface area contributed by atoms with Crippen molar-refractivity contribution in [3.8, 4) is 5.69 Å². The van der Waals surface area contributed by atoms with Gasteiger partial charge in [-0.05, 0) is 23.3 Å². The van der Waals surface area contributed by atoms with Gasteiger partial charge in [-0.1, -0.05) is 16.8 Å². The van der Waals surface area contributed by atoms with Crippen molar-refractivity contribution in [2.24, 2.45) is 5.16 Å². The zero-order chi connectivity index (χ0) is 22.3. The molecule has 1 atom stereocenters. The lowest BCUT2D eigenvalue weighted by Crippen LogP contribution is -2.37. The summed E-state index contributed by atoms with van der Waals surface area (Å²) in [6, 6.07) is 3.45. The molecule has 0 saturated carbocycles. The number of anilines is 1. The SMILES string of the molecule is CON=C(C[S+]([O-])CCCC(F)(F)F)C(=O)N(C)c1cn(-c2cccnc2)nc1Cl. The van der Waals surface area contributed by atoms with E-state index in [1.165, 1.54) is 25.0 Å². The van der Waals surface area contributed by atoms with Crippen molar-refractivity contribution in [1.82, 2.24) is 14.8 Å². The lowest BCUT2D eigenvalue weighted by molar-refractivity contribution is -0.134. The van der Waals surface area contributed by atoms with Gasteiger partial charge in [0.1, 0.15) is 18.6 Å². The number of rotatable bonds is 9. The molecule has 0 aliphatic heterocycles. The lowest BCUT2D eigenvalue weighted by Gasteiger charge is -2.18. The lowest BCUT2D eigenvalue weighted by atomic mass is 10.3. The Morgan fingerprint density at radius 1 is 1.47 bits per heavy atom. The Kier molecular flexibility index (Phi) is 8.50. The normalized spacial score (nSPS) is 13.2. The summed E-state index contributed by atoms with van der Waals surface area (Å²) in [6.45, 7) is 0. The zero-order valence-electron chi connectivity index (χ0n) is 16.1. The minimum atomic E-state index is -4.32. The predicted octanol–water partition coefficient (Wildman–Crippen LogP) is 2.98. The molecule has 0 N–H and O–H groups in total. The molecule has 164 valence electrons. The number of carbonyl (C=O) groups excluding carboxylic acids is 1. The minimum absolute atomic E-state index is 0.0257. The van der Waals surface area contributed by atoms with E-state index in [4.69, 9.17) is 11.6 Å². The maximum absolute atomic E-state index is 12.8. The standard InChI is InChI=1S/C17H19ClF3N5O3S/c1-25(14-10-26(23-15(14)18)12-5-3-7-22-9-12)16(27)13(24-29-2)11-30(28)8-4-6-17(19,20)21/h3,5,7,9-10H,4,6,8,11H2,1-2H3. The Bertz CT molecular complexity index is 879. The highest BCUT2D eigenvalue weighted by Crippen LogP contribution is 2.25. The average Bonchev–Trinajstić information content (AvgIpc) is 3.08. The van der Waals surface area contributed by atoms with Crippen molar-refractivity contribution in [2.75, 3.05) is 30.6 Å². The van der Waals surface area contributed by atoms with Gasteiger partial charge in [0.05, 0.1) is 18.1 Å². The summed E-state index contributed by atoms with van der Waals surface area (Å²) in [5.74, 6) is -1.25. The molecule has 1 unspecified atom stereocenters. The molecule has 13 heteroatoms. The van der Waals surface area contributed by atoms with Crippen molar-refractivity contribution in [2.45, 2.75) is 19.0 Å². The Morgan fingerprint density at radius 2 is 2.20 bits per heavy atom. The molecular weight excluding hydrogens is 447 g/mol. The van der Waals surface area contributed by atoms with Crippen molar-refractivity contribution in [3.63, 3.8) is 0 Å². The molecule has 2 rings (SSSR count). The van der Waals surface area contributed by atoms with E-state index < -0.39 is 29.7 Å². The third-order valence-corrected chi connectivity index (χ3v) is 5.41. The summed E-state index contributed by atoms with van der Waals surface area (Å²) in [5, 5.41) is 7.74. The number of pyridine rings is 1. The largest absolute Gasteiger partial charge is 0.616 e. The first kappa shape index (κ1) is 24.0. The van der Waals surface area contributed by atoms with Gasteiger partial charge in [-0.15, -0.1) is 0 Å². The first-order valence-electron chi connectivity index (χ1n) is 8.57. The maximum Gasteiger partial charge on any atom is 0.389 e. The quantitative estimate of drug-likeness (QED) is 0.322. The van der Waals surface area contributed by atoms with Crippen LogP contribution in [0.1, 0.15) is 12.8 Å². The van der Waals surface area contributed by atoms with Crippen LogP contribution in [0.15, 0.2) is 35.9 Å². The number of alkyl halides is 3. The van der Waals surface area contributed by atoms with Crippen molar-refractivity contribution in [1.29, 1.82) is 0 Å². The third kappa shape index (κ3) is 6.89. The summed E-state index contributed by atoms with van der Waals surface area (Å²) in [4.78, 5) is 22.6. The van der Waals surface area contributed by atoms with Gasteiger partial charge in [0.15, 0.2) is 16.6 Å². The summed E-state index contributed by atoms with van der Waals surface area (Å²) < 4.78 is 50.3. The second-order valence-corrected chi connectivity index (χ2v) is 7.99. The number of halogens is 4. The number of oxime groups is 1. The van der Waals surface area contributed by atoms with Crippen LogP contribution in [0.25, 0.3) is 5.69 Å². The fourth-order valence-electron chi connectivity index (χ4n) is 2.39. The van der Waals surface area contributed by atoms with E-state index in [9.17, 15) is 22.5 Å². The number of hydrogen-bond donors (Lipinski definition) is 0. The first-order valence-corrected chi connectivity index (χ1v) is 10.4. The molecule has 0 fully saturated rings. The second kappa shape index (κ2) is 10.6. The van der Waals surface area contributed by atoms with Crippen molar-refractivity contribution >= 4 is 40.1 Å². The van der Waals surface area contributed by atoms with E-state index in [0.717, 1.165) is 4.90 Å². The number of nitrogens with zero attached hydrogens (tertiary/aromatic N) is 5. The van der Waals surface area contributed by atoms with Crippen LogP contribution < -0.4 is 4.90 Å². The molecule has 0 saturated heterocycles. The van der Waals surface area contributed by atoms with Crippen molar-refractivity contribution < 1.29 is 27.4 Å². The summed E-state index contributed by atoms with van der Waals surface area (Å²) in [7, 11) is 2.61. The highest BCUT2D eigenvalue weighted by molar-refractivity contribution is 7.92. The molecular formula is C17H19ClF3N5O3S. The Labute approximate surface area is 178 Å². The number of amides is 1. The van der Waals surface area contributed by atoms with Gasteiger partial charge in [0.25, 0.3) is 5.91 Å². The molecule has 0 bridgehead atoms. The van der Waals surface area contributed by atoms with Crippen LogP contribution in [0.2, 0.25) is 5.15 Å². The van der Waals surface area contributed by atoms with Crippen LogP contribution in [-0.4, -0.2) is 62.8 Å². The molecule has 0 aliphatic rings. The van der Waals surface area contributed by atoms with E-state index in [2.05, 4.69) is 20.1 Å². The summed E-state index contributed by atoms with van der Waals surface area (Å²) in [6.07, 6.45) is -1.04. The molecule has 0 aromatic carbocycles. The molecule has 0 radical (unpaired) electrons. The van der Waals surface area contributed by atoms with Crippen LogP contribution in [0.4, 0.5) is 18.9 Å². The fourth-order valence-corrected chi connectivity index (χ4v) is 3.74. The molecule has 0 aliphatic carbocycles. The van der Waals surface area contributed by atoms with Crippen LogP contribution in [0.5, 0.6) is 0 Å². The topological polar surface area (TPSA) is 95.7 Å². The van der Waals surface area contributed by atoms with Gasteiger partial charge in [0.2, 0.25) is 0 Å². The second-order valence-electron chi connectivity index (χ2n) is 6.05. The van der Waals surface area contributed by atoms with Crippen LogP contribution >= 0.6 is 11.6 Å². The zero-order valence-corrected chi connectivity index (χ0v) is 17.7. The smallest absolute Gasteiger partial charge is 0.389 e. The van der Waals surface area contributed by atoms with Crippen LogP contribution in [-0.2, 0) is 20.8 Å². The maximum atomic E-state index is 12.8. The first-order chi connectivity index (χ1) is 14.1. The Hall–Kier alpha value is -2.31. The van der Waals surface area contributed by atoms with Gasteiger partial charge in [0, 0.05) is 26.1 Å².